The topological polar surface area (TPSA) is 49.2 Å². The van der Waals surface area contributed by atoms with Gasteiger partial charge in [-0.1, -0.05) is 24.3 Å². The summed E-state index contributed by atoms with van der Waals surface area (Å²) in [7, 11) is 0. The standard InChI is InChI=1S/C14H16ClN3O2/c1-2-11(15)12-8-18(17-16-12)7-10-9-19-13-5-3-4-6-14(13)20-10/h3-6,8,10-11H,2,7,9H2,1H3. The lowest BCUT2D eigenvalue weighted by molar-refractivity contribution is 0.0755. The zero-order chi connectivity index (χ0) is 13.9. The van der Waals surface area contributed by atoms with Crippen LogP contribution in [-0.2, 0) is 6.54 Å². The summed E-state index contributed by atoms with van der Waals surface area (Å²) in [5, 5.41) is 8.07. The van der Waals surface area contributed by atoms with Gasteiger partial charge in [0.25, 0.3) is 0 Å². The Morgan fingerprint density at radius 1 is 1.40 bits per heavy atom. The molecule has 6 heteroatoms. The first-order chi connectivity index (χ1) is 9.76. The Labute approximate surface area is 122 Å². The van der Waals surface area contributed by atoms with E-state index < -0.39 is 0 Å². The quantitative estimate of drug-likeness (QED) is 0.813. The second kappa shape index (κ2) is 5.71. The second-order valence-corrected chi connectivity index (χ2v) is 5.27. The zero-order valence-electron chi connectivity index (χ0n) is 11.2. The third-order valence-electron chi connectivity index (χ3n) is 3.19. The molecule has 2 aromatic rings. The molecule has 3 rings (SSSR count). The molecule has 2 heterocycles. The Morgan fingerprint density at radius 2 is 2.20 bits per heavy atom. The summed E-state index contributed by atoms with van der Waals surface area (Å²) in [5.41, 5.74) is 0.797. The molecule has 0 fully saturated rings. The van der Waals surface area contributed by atoms with Crippen LogP contribution in [-0.4, -0.2) is 27.7 Å². The van der Waals surface area contributed by atoms with Crippen molar-refractivity contribution in [1.82, 2.24) is 15.0 Å². The molecule has 106 valence electrons. The molecule has 0 saturated heterocycles. The van der Waals surface area contributed by atoms with E-state index in [2.05, 4.69) is 10.3 Å². The van der Waals surface area contributed by atoms with Crippen LogP contribution in [0.4, 0.5) is 0 Å². The fourth-order valence-corrected chi connectivity index (χ4v) is 2.22. The molecule has 0 bridgehead atoms. The van der Waals surface area contributed by atoms with E-state index in [4.69, 9.17) is 21.1 Å². The predicted molar refractivity (Wildman–Crippen MR) is 75.3 cm³/mol. The van der Waals surface area contributed by atoms with Gasteiger partial charge in [0.15, 0.2) is 17.6 Å². The van der Waals surface area contributed by atoms with Gasteiger partial charge in [0.2, 0.25) is 0 Å². The molecule has 1 aromatic heterocycles. The van der Waals surface area contributed by atoms with Gasteiger partial charge in [-0.15, -0.1) is 16.7 Å². The molecule has 0 radical (unpaired) electrons. The normalized spacial score (nSPS) is 18.8. The maximum Gasteiger partial charge on any atom is 0.161 e. The molecular weight excluding hydrogens is 278 g/mol. The molecule has 1 aliphatic rings. The Kier molecular flexibility index (Phi) is 3.78. The molecule has 2 unspecified atom stereocenters. The third-order valence-corrected chi connectivity index (χ3v) is 3.73. The molecule has 20 heavy (non-hydrogen) atoms. The molecule has 0 saturated carbocycles. The highest BCUT2D eigenvalue weighted by molar-refractivity contribution is 6.20. The number of nitrogens with zero attached hydrogens (tertiary/aromatic N) is 3. The summed E-state index contributed by atoms with van der Waals surface area (Å²) in [6, 6.07) is 7.66. The van der Waals surface area contributed by atoms with E-state index in [0.29, 0.717) is 13.2 Å². The Bertz CT molecular complexity index is 587. The number of para-hydroxylation sites is 2. The summed E-state index contributed by atoms with van der Waals surface area (Å²) in [4.78, 5) is 0. The van der Waals surface area contributed by atoms with Crippen LogP contribution in [0.5, 0.6) is 11.5 Å². The molecule has 0 amide bonds. The van der Waals surface area contributed by atoms with Gasteiger partial charge in [-0.05, 0) is 18.6 Å². The van der Waals surface area contributed by atoms with E-state index in [-0.39, 0.29) is 11.5 Å². The van der Waals surface area contributed by atoms with E-state index in [1.165, 1.54) is 0 Å². The molecule has 0 N–H and O–H groups in total. The number of rotatable bonds is 4. The van der Waals surface area contributed by atoms with Crippen LogP contribution in [0.3, 0.4) is 0 Å². The van der Waals surface area contributed by atoms with Gasteiger partial charge < -0.3 is 9.47 Å². The van der Waals surface area contributed by atoms with E-state index in [0.717, 1.165) is 23.6 Å². The second-order valence-electron chi connectivity index (χ2n) is 4.74. The number of hydrogen-bond acceptors (Lipinski definition) is 4. The van der Waals surface area contributed by atoms with Crippen molar-refractivity contribution in [3.63, 3.8) is 0 Å². The van der Waals surface area contributed by atoms with Gasteiger partial charge >= 0.3 is 0 Å². The number of hydrogen-bond donors (Lipinski definition) is 0. The highest BCUT2D eigenvalue weighted by Gasteiger charge is 2.22. The maximum absolute atomic E-state index is 6.14. The van der Waals surface area contributed by atoms with Gasteiger partial charge in [-0.25, -0.2) is 4.68 Å². The van der Waals surface area contributed by atoms with Crippen LogP contribution in [0.25, 0.3) is 0 Å². The Balaban J connectivity index is 1.66. The van der Waals surface area contributed by atoms with Gasteiger partial charge in [0, 0.05) is 0 Å². The fraction of sp³-hybridized carbons (Fsp3) is 0.429. The fourth-order valence-electron chi connectivity index (χ4n) is 2.12. The average Bonchev–Trinajstić information content (AvgIpc) is 2.95. The highest BCUT2D eigenvalue weighted by Crippen LogP contribution is 2.31. The number of halogens is 1. The lowest BCUT2D eigenvalue weighted by atomic mass is 10.2. The van der Waals surface area contributed by atoms with Crippen LogP contribution in [0.15, 0.2) is 30.5 Å². The number of ether oxygens (including phenoxy) is 2. The Hall–Kier alpha value is -1.75. The summed E-state index contributed by atoms with van der Waals surface area (Å²) in [6.45, 7) is 3.12. The van der Waals surface area contributed by atoms with Crippen LogP contribution in [0, 0.1) is 0 Å². The van der Waals surface area contributed by atoms with Crippen molar-refractivity contribution >= 4 is 11.6 Å². The molecule has 2 atom stereocenters. The number of alkyl halides is 1. The summed E-state index contributed by atoms with van der Waals surface area (Å²) in [5.74, 6) is 1.56. The maximum atomic E-state index is 6.14. The monoisotopic (exact) mass is 293 g/mol. The highest BCUT2D eigenvalue weighted by atomic mass is 35.5. The average molecular weight is 294 g/mol. The van der Waals surface area contributed by atoms with Gasteiger partial charge in [0.1, 0.15) is 12.3 Å². The molecule has 1 aromatic carbocycles. The van der Waals surface area contributed by atoms with Crippen LogP contribution < -0.4 is 9.47 Å². The first kappa shape index (κ1) is 13.2. The van der Waals surface area contributed by atoms with Gasteiger partial charge in [0.05, 0.1) is 18.1 Å². The molecule has 5 nitrogen and oxygen atoms in total. The number of aromatic nitrogens is 3. The van der Waals surface area contributed by atoms with Gasteiger partial charge in [-0.2, -0.15) is 0 Å². The Morgan fingerprint density at radius 3 is 3.00 bits per heavy atom. The van der Waals surface area contributed by atoms with Crippen molar-refractivity contribution in [2.24, 2.45) is 0 Å². The van der Waals surface area contributed by atoms with Crippen LogP contribution in [0.2, 0.25) is 0 Å². The molecular formula is C14H16ClN3O2. The molecule has 1 aliphatic heterocycles. The first-order valence-electron chi connectivity index (χ1n) is 6.69. The minimum Gasteiger partial charge on any atom is -0.486 e. The van der Waals surface area contributed by atoms with Crippen molar-refractivity contribution < 1.29 is 9.47 Å². The van der Waals surface area contributed by atoms with E-state index in [9.17, 15) is 0 Å². The minimum atomic E-state index is -0.0898. The van der Waals surface area contributed by atoms with Crippen molar-refractivity contribution in [3.8, 4) is 11.5 Å². The summed E-state index contributed by atoms with van der Waals surface area (Å²) < 4.78 is 13.3. The van der Waals surface area contributed by atoms with Gasteiger partial charge in [-0.3, -0.25) is 0 Å². The van der Waals surface area contributed by atoms with Crippen molar-refractivity contribution in [3.05, 3.63) is 36.2 Å². The first-order valence-corrected chi connectivity index (χ1v) is 7.12. The minimum absolute atomic E-state index is 0.0742. The van der Waals surface area contributed by atoms with Crippen molar-refractivity contribution in [2.75, 3.05) is 6.61 Å². The van der Waals surface area contributed by atoms with Crippen LogP contribution in [0.1, 0.15) is 24.4 Å². The molecule has 0 aliphatic carbocycles. The van der Waals surface area contributed by atoms with Crippen molar-refractivity contribution in [1.29, 1.82) is 0 Å². The van der Waals surface area contributed by atoms with Crippen LogP contribution >= 0.6 is 11.6 Å². The summed E-state index contributed by atoms with van der Waals surface area (Å²) >= 11 is 6.14. The third kappa shape index (κ3) is 2.72. The predicted octanol–water partition coefficient (Wildman–Crippen LogP) is 2.81. The van der Waals surface area contributed by atoms with Crippen molar-refractivity contribution in [2.45, 2.75) is 31.4 Å². The largest absolute Gasteiger partial charge is 0.486 e. The zero-order valence-corrected chi connectivity index (χ0v) is 12.0. The lowest BCUT2D eigenvalue weighted by Gasteiger charge is -2.26. The SMILES string of the molecule is CCC(Cl)c1cn(CC2COc3ccccc3O2)nn1. The van der Waals surface area contributed by atoms with E-state index in [1.807, 2.05) is 37.4 Å². The van der Waals surface area contributed by atoms with E-state index >= 15 is 0 Å². The smallest absolute Gasteiger partial charge is 0.161 e. The van der Waals surface area contributed by atoms with E-state index in [1.54, 1.807) is 4.68 Å². The molecule has 0 spiro atoms. The number of benzene rings is 1. The summed E-state index contributed by atoms with van der Waals surface area (Å²) in [6.07, 6.45) is 2.62. The lowest BCUT2D eigenvalue weighted by Crippen LogP contribution is -2.33. The number of fused-ring (bicyclic) bond motifs is 1.